The van der Waals surface area contributed by atoms with E-state index in [1.807, 2.05) is 74.9 Å². The number of aryl methyl sites for hydroxylation is 5. The summed E-state index contributed by atoms with van der Waals surface area (Å²) in [5, 5.41) is 0. The Hall–Kier alpha value is -3.28. The van der Waals surface area contributed by atoms with E-state index in [4.69, 9.17) is 0 Å². The van der Waals surface area contributed by atoms with E-state index >= 15 is 0 Å². The van der Waals surface area contributed by atoms with Crippen molar-refractivity contribution in [1.29, 1.82) is 0 Å². The van der Waals surface area contributed by atoms with Gasteiger partial charge in [0.15, 0.2) is 0 Å². The highest BCUT2D eigenvalue weighted by atomic mass is 32.1. The van der Waals surface area contributed by atoms with Crippen molar-refractivity contribution < 1.29 is 0 Å². The molecule has 0 aliphatic heterocycles. The topological polar surface area (TPSA) is 0 Å². The monoisotopic (exact) mass is 1180 g/mol. The minimum absolute atomic E-state index is 1.12. The second kappa shape index (κ2) is 33.0. The maximum atomic E-state index is 3.36. The van der Waals surface area contributed by atoms with Gasteiger partial charge < -0.3 is 0 Å². The molecule has 0 radical (unpaired) electrons. The van der Waals surface area contributed by atoms with Crippen molar-refractivity contribution in [1.82, 2.24) is 0 Å². The molecule has 0 amide bonds. The van der Waals surface area contributed by atoms with Gasteiger partial charge in [0.05, 0.1) is 4.88 Å². The van der Waals surface area contributed by atoms with Gasteiger partial charge in [-0.15, -0.1) is 90.7 Å². The van der Waals surface area contributed by atoms with Crippen LogP contribution in [0.1, 0.15) is 221 Å². The summed E-state index contributed by atoms with van der Waals surface area (Å²) in [6.45, 7) is 13.4. The first-order valence-electron chi connectivity index (χ1n) is 30.2. The Bertz CT molecular complexity index is 3150. The molecular formula is C70H86S8. The van der Waals surface area contributed by atoms with Crippen LogP contribution in [0.4, 0.5) is 0 Å². The van der Waals surface area contributed by atoms with E-state index in [0.29, 0.717) is 0 Å². The zero-order chi connectivity index (χ0) is 54.3. The second-order valence-electron chi connectivity index (χ2n) is 21.5. The van der Waals surface area contributed by atoms with Crippen LogP contribution in [0.5, 0.6) is 0 Å². The van der Waals surface area contributed by atoms with Crippen LogP contribution in [0.25, 0.3) is 68.3 Å². The van der Waals surface area contributed by atoms with Crippen molar-refractivity contribution in [3.63, 3.8) is 0 Å². The average Bonchev–Trinajstić information content (AvgIpc) is 4.38. The highest BCUT2D eigenvalue weighted by molar-refractivity contribution is 7.31. The third kappa shape index (κ3) is 17.6. The van der Waals surface area contributed by atoms with E-state index in [1.54, 1.807) is 16.7 Å². The molecule has 0 bridgehead atoms. The molecule has 0 saturated heterocycles. The van der Waals surface area contributed by atoms with Crippen LogP contribution in [-0.2, 0) is 25.7 Å². The molecule has 78 heavy (non-hydrogen) atoms. The molecule has 0 saturated carbocycles. The molecule has 0 aliphatic rings. The third-order valence-electron chi connectivity index (χ3n) is 15.0. The predicted molar refractivity (Wildman–Crippen MR) is 361 cm³/mol. The fourth-order valence-corrected chi connectivity index (χ4v) is 20.0. The standard InChI is InChI=1S/C70H86S8/c1-7-12-17-21-25-30-34-52-47-51(6)71-67(52)61-43-39-57(73-61)59-41-45-63(75-59)69-54(36-32-27-23-19-14-9-3)49-65(77-69)66-50-55(37-33-28-24-20-15-10-4)70(78-66)64-46-42-60(76-64)58-40-44-62(74-58)68-53(35-31-26-22-18-13-8-2)48-56(72-68)38-29-16-11-5/h39-50H,7-10,12-15,17-28,30-37H2,1-6H3. The van der Waals surface area contributed by atoms with Gasteiger partial charge >= 0.3 is 0 Å². The van der Waals surface area contributed by atoms with E-state index in [9.17, 15) is 0 Å². The van der Waals surface area contributed by atoms with E-state index in [1.165, 1.54) is 239 Å². The zero-order valence-electron chi connectivity index (χ0n) is 48.0. The SMILES string of the molecule is CC#CC#Cc1cc(CCCCCCCC)c(-c2ccc(-c3ccc(-c4sc(-c5cc(CCCCCCCC)c(-c6ccc(-c7ccc(-c8sc(C)cc8CCCCCCCC)s7)s6)s5)cc4CCCCCCCC)s3)s2)s1. The maximum Gasteiger partial charge on any atom is 0.0788 e. The molecular weight excluding hydrogens is 1100 g/mol. The van der Waals surface area contributed by atoms with Gasteiger partial charge in [-0.3, -0.25) is 0 Å². The Morgan fingerprint density at radius 2 is 0.603 bits per heavy atom. The Kier molecular flexibility index (Phi) is 25.7. The highest BCUT2D eigenvalue weighted by Crippen LogP contribution is 2.51. The molecule has 8 aromatic heterocycles. The summed E-state index contributed by atoms with van der Waals surface area (Å²) in [5.41, 5.74) is 6.10. The van der Waals surface area contributed by atoms with Gasteiger partial charge in [-0.2, -0.15) is 0 Å². The molecule has 0 spiro atoms. The summed E-state index contributed by atoms with van der Waals surface area (Å²) < 4.78 is 0. The fourth-order valence-electron chi connectivity index (χ4n) is 10.6. The zero-order valence-corrected chi connectivity index (χ0v) is 54.5. The van der Waals surface area contributed by atoms with Crippen LogP contribution in [0.2, 0.25) is 0 Å². The lowest BCUT2D eigenvalue weighted by molar-refractivity contribution is 0.608. The normalized spacial score (nSPS) is 11.4. The number of unbranched alkanes of at least 4 members (excludes halogenated alkanes) is 20. The summed E-state index contributed by atoms with van der Waals surface area (Å²) in [7, 11) is 0. The Balaban J connectivity index is 1.05. The summed E-state index contributed by atoms with van der Waals surface area (Å²) >= 11 is 15.9. The van der Waals surface area contributed by atoms with Crippen LogP contribution >= 0.6 is 90.7 Å². The molecule has 0 aliphatic carbocycles. The van der Waals surface area contributed by atoms with E-state index < -0.39 is 0 Å². The van der Waals surface area contributed by atoms with E-state index in [0.717, 1.165) is 24.1 Å². The molecule has 0 nitrogen and oxygen atoms in total. The van der Waals surface area contributed by atoms with Crippen molar-refractivity contribution in [3.8, 4) is 92.0 Å². The summed E-state index contributed by atoms with van der Waals surface area (Å²) in [4.78, 5) is 22.5. The molecule has 8 heterocycles. The minimum atomic E-state index is 1.12. The quantitative estimate of drug-likeness (QED) is 0.0274. The summed E-state index contributed by atoms with van der Waals surface area (Å²) in [6, 6.07) is 29.3. The van der Waals surface area contributed by atoms with Gasteiger partial charge in [0.25, 0.3) is 0 Å². The Morgan fingerprint density at radius 3 is 0.974 bits per heavy atom. The fraction of sp³-hybridized carbons (Fsp3) is 0.486. The van der Waals surface area contributed by atoms with Crippen molar-refractivity contribution in [3.05, 3.63) is 105 Å². The van der Waals surface area contributed by atoms with Gasteiger partial charge in [-0.1, -0.05) is 162 Å². The molecule has 8 heteroatoms. The molecule has 414 valence electrons. The molecule has 0 aromatic carbocycles. The largest absolute Gasteiger partial charge is 0.139 e. The Labute approximate surface area is 504 Å². The predicted octanol–water partition coefficient (Wildman–Crippen LogP) is 26.1. The molecule has 0 N–H and O–H groups in total. The van der Waals surface area contributed by atoms with Crippen LogP contribution in [-0.4, -0.2) is 0 Å². The lowest BCUT2D eigenvalue weighted by Gasteiger charge is -2.03. The van der Waals surface area contributed by atoms with E-state index in [-0.39, 0.29) is 0 Å². The van der Waals surface area contributed by atoms with Gasteiger partial charge in [0.2, 0.25) is 0 Å². The van der Waals surface area contributed by atoms with Crippen molar-refractivity contribution >= 4 is 90.7 Å². The highest BCUT2D eigenvalue weighted by Gasteiger charge is 2.22. The molecule has 0 fully saturated rings. The van der Waals surface area contributed by atoms with Gasteiger partial charge in [0.1, 0.15) is 0 Å². The van der Waals surface area contributed by atoms with Gasteiger partial charge in [-0.25, -0.2) is 0 Å². The lowest BCUT2D eigenvalue weighted by Crippen LogP contribution is -1.86. The molecule has 0 unspecified atom stereocenters. The summed E-state index contributed by atoms with van der Waals surface area (Å²) in [6.07, 6.45) is 36.4. The first-order chi connectivity index (χ1) is 38.4. The van der Waals surface area contributed by atoms with Crippen molar-refractivity contribution in [2.45, 2.75) is 221 Å². The minimum Gasteiger partial charge on any atom is -0.139 e. The van der Waals surface area contributed by atoms with Gasteiger partial charge in [-0.05, 0) is 178 Å². The number of hydrogen-bond donors (Lipinski definition) is 0. The lowest BCUT2D eigenvalue weighted by atomic mass is 10.0. The Morgan fingerprint density at radius 1 is 0.295 bits per heavy atom. The van der Waals surface area contributed by atoms with Crippen LogP contribution in [0.3, 0.4) is 0 Å². The molecule has 8 aromatic rings. The number of rotatable bonds is 35. The first kappa shape index (κ1) is 60.8. The molecule has 8 rings (SSSR count). The summed E-state index contributed by atoms with van der Waals surface area (Å²) in [5.74, 6) is 12.3. The smallest absolute Gasteiger partial charge is 0.0788 e. The van der Waals surface area contributed by atoms with Crippen molar-refractivity contribution in [2.24, 2.45) is 0 Å². The number of hydrogen-bond acceptors (Lipinski definition) is 8. The second-order valence-corrected chi connectivity index (χ2v) is 30.2. The number of thiophene rings is 8. The first-order valence-corrected chi connectivity index (χ1v) is 36.7. The molecule has 0 atom stereocenters. The average molecular weight is 1180 g/mol. The van der Waals surface area contributed by atoms with Crippen molar-refractivity contribution in [2.75, 3.05) is 0 Å². The van der Waals surface area contributed by atoms with Crippen LogP contribution < -0.4 is 0 Å². The van der Waals surface area contributed by atoms with Gasteiger partial charge in [0, 0.05) is 73.2 Å². The van der Waals surface area contributed by atoms with Crippen LogP contribution in [0, 0.1) is 30.6 Å². The maximum absolute atomic E-state index is 3.36. The third-order valence-corrected chi connectivity index (χ3v) is 25.2. The van der Waals surface area contributed by atoms with E-state index in [2.05, 4.69) is 154 Å². The van der Waals surface area contributed by atoms with Crippen LogP contribution in [0.15, 0.2) is 72.8 Å².